The molecule has 7 heteroatoms. The molecule has 3 aromatic rings. The molecular weight excluding hydrogens is 349 g/mol. The summed E-state index contributed by atoms with van der Waals surface area (Å²) in [6, 6.07) is 13.6. The lowest BCUT2D eigenvalue weighted by Gasteiger charge is -2.10. The maximum Gasteiger partial charge on any atom is 0.272 e. The predicted octanol–water partition coefficient (Wildman–Crippen LogP) is 3.74. The first-order chi connectivity index (χ1) is 11.5. The number of nitrogens with zero attached hydrogens (tertiary/aromatic N) is 2. The highest BCUT2D eigenvalue weighted by Crippen LogP contribution is 2.25. The average molecular weight is 362 g/mol. The summed E-state index contributed by atoms with van der Waals surface area (Å²) in [6.07, 6.45) is 1.57. The van der Waals surface area contributed by atoms with Crippen LogP contribution in [-0.4, -0.2) is 15.0 Å². The summed E-state index contributed by atoms with van der Waals surface area (Å²) < 4.78 is 2.95. The van der Waals surface area contributed by atoms with Gasteiger partial charge in [-0.05, 0) is 24.3 Å². The van der Waals surface area contributed by atoms with Gasteiger partial charge in [0.2, 0.25) is 0 Å². The molecule has 0 aliphatic carbocycles. The number of carbonyl (C=O) groups is 1. The lowest BCUT2D eigenvalue weighted by atomic mass is 10.3. The molecule has 1 aromatic carbocycles. The molecule has 2 aromatic heterocycles. The zero-order valence-electron chi connectivity index (χ0n) is 12.7. The quantitative estimate of drug-likeness (QED) is 0.772. The van der Waals surface area contributed by atoms with Crippen LogP contribution in [-0.2, 0) is 7.05 Å². The number of pyridine rings is 1. The van der Waals surface area contributed by atoms with Crippen LogP contribution >= 0.6 is 23.2 Å². The molecule has 0 aliphatic rings. The number of para-hydroxylation sites is 1. The van der Waals surface area contributed by atoms with E-state index in [1.54, 1.807) is 19.3 Å². The van der Waals surface area contributed by atoms with Crippen LogP contribution in [0.1, 0.15) is 10.5 Å². The monoisotopic (exact) mass is 361 g/mol. The fourth-order valence-electron chi connectivity index (χ4n) is 2.31. The first-order valence-corrected chi connectivity index (χ1v) is 7.83. The molecule has 0 atom stereocenters. The van der Waals surface area contributed by atoms with Crippen molar-refractivity contribution in [2.24, 2.45) is 7.05 Å². The molecule has 0 spiro atoms. The first kappa shape index (κ1) is 16.4. The number of halogens is 2. The summed E-state index contributed by atoms with van der Waals surface area (Å²) in [5, 5.41) is 3.33. The molecule has 0 fully saturated rings. The molecule has 0 unspecified atom stereocenters. The Bertz CT molecular complexity index is 962. The van der Waals surface area contributed by atoms with E-state index in [0.717, 1.165) is 0 Å². The number of amides is 1. The molecule has 3 rings (SSSR count). The minimum atomic E-state index is -0.371. The SMILES string of the molecule is Cn1c(C(=O)Nc2ccc(=O)n(-c3ccccc3)c2)cc(Cl)c1Cl. The van der Waals surface area contributed by atoms with E-state index in [1.807, 2.05) is 30.3 Å². The number of nitrogens with one attached hydrogen (secondary N) is 1. The highest BCUT2D eigenvalue weighted by molar-refractivity contribution is 6.42. The second kappa shape index (κ2) is 6.55. The van der Waals surface area contributed by atoms with Crippen LogP contribution in [0, 0.1) is 0 Å². The predicted molar refractivity (Wildman–Crippen MR) is 95.4 cm³/mol. The maximum absolute atomic E-state index is 12.4. The van der Waals surface area contributed by atoms with E-state index in [0.29, 0.717) is 22.1 Å². The van der Waals surface area contributed by atoms with Crippen molar-refractivity contribution in [2.45, 2.75) is 0 Å². The summed E-state index contributed by atoms with van der Waals surface area (Å²) in [7, 11) is 1.65. The lowest BCUT2D eigenvalue weighted by molar-refractivity contribution is 0.101. The normalized spacial score (nSPS) is 10.6. The molecule has 0 saturated carbocycles. The van der Waals surface area contributed by atoms with Crippen molar-refractivity contribution in [2.75, 3.05) is 5.32 Å². The van der Waals surface area contributed by atoms with Gasteiger partial charge in [0.25, 0.3) is 11.5 Å². The number of hydrogen-bond donors (Lipinski definition) is 1. The number of hydrogen-bond acceptors (Lipinski definition) is 2. The van der Waals surface area contributed by atoms with Crippen LogP contribution in [0.5, 0.6) is 0 Å². The molecular formula is C17H13Cl2N3O2. The molecule has 2 heterocycles. The van der Waals surface area contributed by atoms with Gasteiger partial charge in [0.05, 0.1) is 10.7 Å². The third kappa shape index (κ3) is 3.09. The lowest BCUT2D eigenvalue weighted by Crippen LogP contribution is -2.20. The van der Waals surface area contributed by atoms with Gasteiger partial charge in [-0.1, -0.05) is 41.4 Å². The Labute approximate surface area is 148 Å². The van der Waals surface area contributed by atoms with Crippen LogP contribution < -0.4 is 10.9 Å². The molecule has 0 radical (unpaired) electrons. The molecule has 24 heavy (non-hydrogen) atoms. The van der Waals surface area contributed by atoms with Crippen molar-refractivity contribution in [1.29, 1.82) is 0 Å². The van der Waals surface area contributed by atoms with E-state index in [-0.39, 0.29) is 16.6 Å². The van der Waals surface area contributed by atoms with Gasteiger partial charge >= 0.3 is 0 Å². The molecule has 0 saturated heterocycles. The van der Waals surface area contributed by atoms with Crippen LogP contribution in [0.2, 0.25) is 10.2 Å². The van der Waals surface area contributed by atoms with E-state index in [2.05, 4.69) is 5.32 Å². The summed E-state index contributed by atoms with van der Waals surface area (Å²) in [5.74, 6) is -0.371. The second-order valence-electron chi connectivity index (χ2n) is 5.14. The average Bonchev–Trinajstić information content (AvgIpc) is 2.85. The Kier molecular flexibility index (Phi) is 4.46. The molecule has 1 N–H and O–H groups in total. The van der Waals surface area contributed by atoms with Crippen molar-refractivity contribution < 1.29 is 4.79 Å². The van der Waals surface area contributed by atoms with Crippen LogP contribution in [0.4, 0.5) is 5.69 Å². The number of aromatic nitrogens is 2. The van der Waals surface area contributed by atoms with Gasteiger partial charge in [-0.2, -0.15) is 0 Å². The Morgan fingerprint density at radius 1 is 1.08 bits per heavy atom. The zero-order valence-corrected chi connectivity index (χ0v) is 14.2. The zero-order chi connectivity index (χ0) is 17.3. The topological polar surface area (TPSA) is 56.0 Å². The summed E-state index contributed by atoms with van der Waals surface area (Å²) >= 11 is 11.9. The Hall–Kier alpha value is -2.50. The third-order valence-corrected chi connectivity index (χ3v) is 4.39. The second-order valence-corrected chi connectivity index (χ2v) is 5.91. The largest absolute Gasteiger partial charge is 0.329 e. The highest BCUT2D eigenvalue weighted by atomic mass is 35.5. The van der Waals surface area contributed by atoms with Gasteiger partial charge in [0.15, 0.2) is 0 Å². The number of anilines is 1. The Morgan fingerprint density at radius 2 is 1.79 bits per heavy atom. The van der Waals surface area contributed by atoms with E-state index in [4.69, 9.17) is 23.2 Å². The standard InChI is InChI=1S/C17H13Cl2N3O2/c1-21-14(9-13(18)16(21)19)17(24)20-11-7-8-15(23)22(10-11)12-5-3-2-4-6-12/h2-10H,1H3,(H,20,24). The molecule has 122 valence electrons. The minimum absolute atomic E-state index is 0.191. The Morgan fingerprint density at radius 3 is 2.42 bits per heavy atom. The van der Waals surface area contributed by atoms with Crippen LogP contribution in [0.15, 0.2) is 59.5 Å². The fraction of sp³-hybridized carbons (Fsp3) is 0.0588. The summed E-state index contributed by atoms with van der Waals surface area (Å²) in [5.41, 5.74) is 1.33. The molecule has 0 bridgehead atoms. The maximum atomic E-state index is 12.4. The number of rotatable bonds is 3. The molecule has 0 aliphatic heterocycles. The first-order valence-electron chi connectivity index (χ1n) is 7.07. The highest BCUT2D eigenvalue weighted by Gasteiger charge is 2.16. The molecule has 5 nitrogen and oxygen atoms in total. The van der Waals surface area contributed by atoms with Crippen molar-refractivity contribution in [3.05, 3.63) is 81.0 Å². The van der Waals surface area contributed by atoms with Crippen molar-refractivity contribution >= 4 is 34.8 Å². The molecule has 1 amide bonds. The van der Waals surface area contributed by atoms with Gasteiger partial charge in [-0.3, -0.25) is 14.2 Å². The van der Waals surface area contributed by atoms with Crippen molar-refractivity contribution in [3.8, 4) is 5.69 Å². The van der Waals surface area contributed by atoms with Gasteiger partial charge in [0, 0.05) is 25.0 Å². The van der Waals surface area contributed by atoms with E-state index in [1.165, 1.54) is 21.3 Å². The van der Waals surface area contributed by atoms with Crippen LogP contribution in [0.25, 0.3) is 5.69 Å². The van der Waals surface area contributed by atoms with Gasteiger partial charge < -0.3 is 9.88 Å². The van der Waals surface area contributed by atoms with E-state index in [9.17, 15) is 9.59 Å². The van der Waals surface area contributed by atoms with E-state index >= 15 is 0 Å². The summed E-state index contributed by atoms with van der Waals surface area (Å²) in [4.78, 5) is 24.4. The van der Waals surface area contributed by atoms with Crippen LogP contribution in [0.3, 0.4) is 0 Å². The van der Waals surface area contributed by atoms with Crippen molar-refractivity contribution in [3.63, 3.8) is 0 Å². The van der Waals surface area contributed by atoms with Gasteiger partial charge in [-0.15, -0.1) is 0 Å². The smallest absolute Gasteiger partial charge is 0.272 e. The minimum Gasteiger partial charge on any atom is -0.329 e. The number of benzene rings is 1. The fourth-order valence-corrected chi connectivity index (χ4v) is 2.68. The Balaban J connectivity index is 1.92. The van der Waals surface area contributed by atoms with E-state index < -0.39 is 0 Å². The summed E-state index contributed by atoms with van der Waals surface area (Å²) in [6.45, 7) is 0. The third-order valence-electron chi connectivity index (χ3n) is 3.55. The van der Waals surface area contributed by atoms with Crippen molar-refractivity contribution in [1.82, 2.24) is 9.13 Å². The number of carbonyl (C=O) groups excluding carboxylic acids is 1. The van der Waals surface area contributed by atoms with Gasteiger partial charge in [0.1, 0.15) is 10.8 Å². The van der Waals surface area contributed by atoms with Gasteiger partial charge in [-0.25, -0.2) is 0 Å².